The molecule has 0 saturated carbocycles. The van der Waals surface area contributed by atoms with E-state index in [2.05, 4.69) is 25.1 Å². The normalized spacial score (nSPS) is 25.6. The van der Waals surface area contributed by atoms with Crippen LogP contribution in [0.1, 0.15) is 41.3 Å². The molecule has 6 heteroatoms. The molecule has 104 valence electrons. The van der Waals surface area contributed by atoms with Crippen LogP contribution in [-0.2, 0) is 6.54 Å². The second-order valence-corrected chi connectivity index (χ2v) is 6.55. The number of rotatable bonds is 2. The van der Waals surface area contributed by atoms with Crippen molar-refractivity contribution in [3.8, 4) is 0 Å². The first-order chi connectivity index (χ1) is 9.93. The van der Waals surface area contributed by atoms with E-state index >= 15 is 0 Å². The van der Waals surface area contributed by atoms with Crippen LogP contribution in [0.15, 0.2) is 24.5 Å². The van der Waals surface area contributed by atoms with Gasteiger partial charge in [0.1, 0.15) is 5.82 Å². The summed E-state index contributed by atoms with van der Waals surface area (Å²) >= 11 is 2.02. The second kappa shape index (κ2) is 5.18. The average Bonchev–Trinajstić information content (AvgIpc) is 3.16. The summed E-state index contributed by atoms with van der Waals surface area (Å²) in [6, 6.07) is 4.23. The molecule has 0 aliphatic carbocycles. The van der Waals surface area contributed by atoms with Gasteiger partial charge < -0.3 is 9.88 Å². The zero-order valence-corrected chi connectivity index (χ0v) is 12.0. The Morgan fingerprint density at radius 3 is 2.85 bits per heavy atom. The lowest BCUT2D eigenvalue weighted by atomic mass is 10.1. The smallest absolute Gasteiger partial charge is 0.154 e. The Kier molecular flexibility index (Phi) is 3.20. The zero-order chi connectivity index (χ0) is 13.4. The van der Waals surface area contributed by atoms with E-state index < -0.39 is 0 Å². The van der Waals surface area contributed by atoms with Crippen LogP contribution >= 0.6 is 11.8 Å². The van der Waals surface area contributed by atoms with Gasteiger partial charge in [0.05, 0.1) is 11.3 Å². The Morgan fingerprint density at radius 1 is 1.20 bits per heavy atom. The molecule has 1 saturated heterocycles. The average molecular weight is 287 g/mol. The highest BCUT2D eigenvalue weighted by atomic mass is 32.2. The fourth-order valence-corrected chi connectivity index (χ4v) is 4.30. The number of pyridine rings is 1. The van der Waals surface area contributed by atoms with Gasteiger partial charge in [0.25, 0.3) is 0 Å². The summed E-state index contributed by atoms with van der Waals surface area (Å²) in [5.74, 6) is 3.46. The lowest BCUT2D eigenvalue weighted by Gasteiger charge is -2.26. The van der Waals surface area contributed by atoms with E-state index in [-0.39, 0.29) is 6.04 Å². The van der Waals surface area contributed by atoms with Gasteiger partial charge in [0.15, 0.2) is 5.82 Å². The molecule has 2 atom stereocenters. The van der Waals surface area contributed by atoms with E-state index in [0.29, 0.717) is 5.25 Å². The van der Waals surface area contributed by atoms with Gasteiger partial charge in [-0.2, -0.15) is 11.8 Å². The lowest BCUT2D eigenvalue weighted by Crippen LogP contribution is -2.35. The van der Waals surface area contributed by atoms with Crippen molar-refractivity contribution < 1.29 is 0 Å². The number of fused-ring (bicyclic) bond motifs is 1. The van der Waals surface area contributed by atoms with Gasteiger partial charge in [-0.15, -0.1) is 10.2 Å². The van der Waals surface area contributed by atoms with Crippen molar-refractivity contribution in [2.24, 2.45) is 0 Å². The molecule has 2 aliphatic rings. The Labute approximate surface area is 122 Å². The molecule has 1 fully saturated rings. The number of nitrogens with zero attached hydrogens (tertiary/aromatic N) is 4. The third kappa shape index (κ3) is 2.03. The molecule has 1 N–H and O–H groups in total. The van der Waals surface area contributed by atoms with E-state index in [1.807, 2.05) is 36.3 Å². The molecule has 2 aromatic heterocycles. The molecular formula is C14H17N5S. The molecule has 20 heavy (non-hydrogen) atoms. The first-order valence-corrected chi connectivity index (χ1v) is 8.16. The summed E-state index contributed by atoms with van der Waals surface area (Å²) in [5.41, 5.74) is 1.21. The van der Waals surface area contributed by atoms with Gasteiger partial charge >= 0.3 is 0 Å². The van der Waals surface area contributed by atoms with Crippen molar-refractivity contribution >= 4 is 11.8 Å². The monoisotopic (exact) mass is 287 g/mol. The highest BCUT2D eigenvalue weighted by Crippen LogP contribution is 2.40. The zero-order valence-electron chi connectivity index (χ0n) is 11.2. The molecule has 2 unspecified atom stereocenters. The van der Waals surface area contributed by atoms with Crippen LogP contribution in [0.2, 0.25) is 0 Å². The van der Waals surface area contributed by atoms with Crippen molar-refractivity contribution in [3.05, 3.63) is 41.7 Å². The molecule has 0 aromatic carbocycles. The van der Waals surface area contributed by atoms with E-state index in [4.69, 9.17) is 0 Å². The molecule has 2 aliphatic heterocycles. The van der Waals surface area contributed by atoms with Crippen LogP contribution in [0.4, 0.5) is 0 Å². The highest BCUT2D eigenvalue weighted by Gasteiger charge is 2.30. The minimum atomic E-state index is 0.138. The number of hydrogen-bond donors (Lipinski definition) is 1. The quantitative estimate of drug-likeness (QED) is 0.914. The van der Waals surface area contributed by atoms with Crippen LogP contribution in [0, 0.1) is 0 Å². The number of nitrogens with one attached hydrogen (secondary N) is 1. The van der Waals surface area contributed by atoms with E-state index in [0.717, 1.165) is 18.9 Å². The summed E-state index contributed by atoms with van der Waals surface area (Å²) in [6.07, 6.45) is 6.19. The first kappa shape index (κ1) is 12.3. The Bertz CT molecular complexity index is 591. The van der Waals surface area contributed by atoms with Crippen LogP contribution in [0.3, 0.4) is 0 Å². The minimum Gasteiger partial charge on any atom is -0.311 e. The molecule has 0 amide bonds. The van der Waals surface area contributed by atoms with E-state index in [1.165, 1.54) is 30.0 Å². The molecule has 5 nitrogen and oxygen atoms in total. The molecule has 0 bridgehead atoms. The van der Waals surface area contributed by atoms with Crippen LogP contribution in [0.25, 0.3) is 0 Å². The van der Waals surface area contributed by atoms with Gasteiger partial charge in [-0.3, -0.25) is 4.98 Å². The van der Waals surface area contributed by atoms with Crippen molar-refractivity contribution in [2.45, 2.75) is 30.7 Å². The Morgan fingerprint density at radius 2 is 2.05 bits per heavy atom. The lowest BCUT2D eigenvalue weighted by molar-refractivity contribution is 0.445. The van der Waals surface area contributed by atoms with Crippen molar-refractivity contribution in [3.63, 3.8) is 0 Å². The maximum Gasteiger partial charge on any atom is 0.154 e. The summed E-state index contributed by atoms with van der Waals surface area (Å²) in [6.45, 7) is 1.93. The van der Waals surface area contributed by atoms with E-state index in [1.54, 1.807) is 0 Å². The topological polar surface area (TPSA) is 55.6 Å². The van der Waals surface area contributed by atoms with E-state index in [9.17, 15) is 0 Å². The molecular weight excluding hydrogens is 270 g/mol. The van der Waals surface area contributed by atoms with Crippen molar-refractivity contribution in [2.75, 3.05) is 12.3 Å². The number of aromatic nitrogens is 4. The fourth-order valence-electron chi connectivity index (χ4n) is 3.02. The Hall–Kier alpha value is -1.40. The summed E-state index contributed by atoms with van der Waals surface area (Å²) < 4.78 is 2.32. The third-order valence-electron chi connectivity index (χ3n) is 4.01. The minimum absolute atomic E-state index is 0.138. The maximum absolute atomic E-state index is 4.49. The largest absolute Gasteiger partial charge is 0.311 e. The molecule has 2 aromatic rings. The molecule has 4 heterocycles. The van der Waals surface area contributed by atoms with Crippen molar-refractivity contribution in [1.29, 1.82) is 0 Å². The molecule has 0 radical (unpaired) electrons. The highest BCUT2D eigenvalue weighted by molar-refractivity contribution is 7.99. The van der Waals surface area contributed by atoms with Crippen molar-refractivity contribution in [1.82, 2.24) is 25.1 Å². The maximum atomic E-state index is 4.49. The SMILES string of the molecule is c1cc(C2NCCn3c(C4CCCS4)nnc32)ccn1. The van der Waals surface area contributed by atoms with Gasteiger partial charge in [-0.05, 0) is 36.3 Å². The van der Waals surface area contributed by atoms with Gasteiger partial charge in [-0.25, -0.2) is 0 Å². The summed E-state index contributed by atoms with van der Waals surface area (Å²) in [7, 11) is 0. The predicted octanol–water partition coefficient (Wildman–Crippen LogP) is 1.93. The van der Waals surface area contributed by atoms with Crippen LogP contribution in [-0.4, -0.2) is 32.0 Å². The first-order valence-electron chi connectivity index (χ1n) is 7.11. The van der Waals surface area contributed by atoms with Gasteiger partial charge in [0.2, 0.25) is 0 Å². The van der Waals surface area contributed by atoms with Gasteiger partial charge in [-0.1, -0.05) is 0 Å². The molecule has 0 spiro atoms. The standard InChI is InChI=1S/C14H17N5S/c1-2-11(20-9-1)13-17-18-14-12(16-7-8-19(13)14)10-3-5-15-6-4-10/h3-6,11-12,16H,1-2,7-9H2. The predicted molar refractivity (Wildman–Crippen MR) is 78.5 cm³/mol. The van der Waals surface area contributed by atoms with Crippen LogP contribution < -0.4 is 5.32 Å². The number of hydrogen-bond acceptors (Lipinski definition) is 5. The number of thioether (sulfide) groups is 1. The fraction of sp³-hybridized carbons (Fsp3) is 0.500. The third-order valence-corrected chi connectivity index (χ3v) is 5.38. The Balaban J connectivity index is 1.71. The molecule has 4 rings (SSSR count). The van der Waals surface area contributed by atoms with Gasteiger partial charge in [0, 0.05) is 25.5 Å². The summed E-state index contributed by atoms with van der Waals surface area (Å²) in [4.78, 5) is 4.09. The summed E-state index contributed by atoms with van der Waals surface area (Å²) in [5, 5.41) is 13.0. The second-order valence-electron chi connectivity index (χ2n) is 5.24. The van der Waals surface area contributed by atoms with Crippen LogP contribution in [0.5, 0.6) is 0 Å².